The van der Waals surface area contributed by atoms with Crippen LogP contribution < -0.4 is 11.1 Å². The second kappa shape index (κ2) is 7.64. The molecule has 0 aliphatic carbocycles. The normalized spacial score (nSPS) is 11.7. The Morgan fingerprint density at radius 3 is 2.85 bits per heavy atom. The highest BCUT2D eigenvalue weighted by molar-refractivity contribution is 7.91. The standard InChI is InChI=1S/C13H19N3O3S/c1-2-20(18,19)9-8-15-6-7-16-12-5-3-4-11(10-12)13(14)17/h3-5,8,10,16H,2,6-7,9H2,1H3,(H2,14,17). The van der Waals surface area contributed by atoms with Crippen molar-refractivity contribution in [3.63, 3.8) is 0 Å². The summed E-state index contributed by atoms with van der Waals surface area (Å²) in [7, 11) is -3.00. The molecule has 0 saturated carbocycles. The molecule has 6 nitrogen and oxygen atoms in total. The van der Waals surface area contributed by atoms with E-state index in [4.69, 9.17) is 5.73 Å². The molecule has 110 valence electrons. The van der Waals surface area contributed by atoms with E-state index in [9.17, 15) is 13.2 Å². The number of nitrogens with zero attached hydrogens (tertiary/aromatic N) is 1. The molecule has 0 bridgehead atoms. The highest BCUT2D eigenvalue weighted by Gasteiger charge is 2.03. The van der Waals surface area contributed by atoms with Gasteiger partial charge >= 0.3 is 0 Å². The summed E-state index contributed by atoms with van der Waals surface area (Å²) in [6.07, 6.45) is 1.42. The summed E-state index contributed by atoms with van der Waals surface area (Å²) < 4.78 is 22.4. The number of aliphatic imine (C=N–C) groups is 1. The number of primary amides is 1. The summed E-state index contributed by atoms with van der Waals surface area (Å²) in [5.41, 5.74) is 6.40. The Bertz CT molecular complexity index is 582. The highest BCUT2D eigenvalue weighted by atomic mass is 32.2. The van der Waals surface area contributed by atoms with Crippen LogP contribution in [-0.4, -0.2) is 45.1 Å². The van der Waals surface area contributed by atoms with E-state index in [2.05, 4.69) is 10.3 Å². The van der Waals surface area contributed by atoms with E-state index in [0.717, 1.165) is 5.69 Å². The van der Waals surface area contributed by atoms with Crippen LogP contribution in [0.15, 0.2) is 29.3 Å². The fraction of sp³-hybridized carbons (Fsp3) is 0.385. The lowest BCUT2D eigenvalue weighted by Gasteiger charge is -2.05. The summed E-state index contributed by atoms with van der Waals surface area (Å²) >= 11 is 0. The molecule has 0 saturated heterocycles. The maximum atomic E-state index is 11.2. The van der Waals surface area contributed by atoms with Gasteiger partial charge in [-0.25, -0.2) is 8.42 Å². The smallest absolute Gasteiger partial charge is 0.248 e. The van der Waals surface area contributed by atoms with Crippen LogP contribution in [0.2, 0.25) is 0 Å². The molecule has 0 aliphatic rings. The van der Waals surface area contributed by atoms with Gasteiger partial charge in [-0.15, -0.1) is 0 Å². The van der Waals surface area contributed by atoms with Gasteiger partial charge < -0.3 is 11.1 Å². The third kappa shape index (κ3) is 5.83. The molecule has 0 spiro atoms. The number of hydrogen-bond acceptors (Lipinski definition) is 5. The Labute approximate surface area is 119 Å². The largest absolute Gasteiger partial charge is 0.383 e. The van der Waals surface area contributed by atoms with Crippen LogP contribution in [0, 0.1) is 0 Å². The minimum Gasteiger partial charge on any atom is -0.383 e. The molecule has 7 heteroatoms. The zero-order chi connectivity index (χ0) is 15.0. The minimum atomic E-state index is -3.00. The number of hydrogen-bond donors (Lipinski definition) is 2. The molecule has 1 amide bonds. The predicted molar refractivity (Wildman–Crippen MR) is 81.1 cm³/mol. The first kappa shape index (κ1) is 16.2. The number of carbonyl (C=O) groups excluding carboxylic acids is 1. The molecular weight excluding hydrogens is 278 g/mol. The van der Waals surface area contributed by atoms with Gasteiger partial charge in [0.25, 0.3) is 0 Å². The average molecular weight is 297 g/mol. The fourth-order valence-electron chi connectivity index (χ4n) is 1.42. The van der Waals surface area contributed by atoms with Gasteiger partial charge in [-0.05, 0) is 18.2 Å². The highest BCUT2D eigenvalue weighted by Crippen LogP contribution is 2.09. The van der Waals surface area contributed by atoms with Gasteiger partial charge in [-0.3, -0.25) is 9.79 Å². The Morgan fingerprint density at radius 2 is 2.20 bits per heavy atom. The summed E-state index contributed by atoms with van der Waals surface area (Å²) in [6.45, 7) is 2.61. The van der Waals surface area contributed by atoms with Gasteiger partial charge in [0.05, 0.1) is 12.3 Å². The van der Waals surface area contributed by atoms with Crippen molar-refractivity contribution in [3.05, 3.63) is 29.8 Å². The first-order valence-electron chi connectivity index (χ1n) is 6.27. The lowest BCUT2D eigenvalue weighted by atomic mass is 10.2. The van der Waals surface area contributed by atoms with E-state index < -0.39 is 15.7 Å². The van der Waals surface area contributed by atoms with Crippen LogP contribution in [0.5, 0.6) is 0 Å². The molecule has 0 aliphatic heterocycles. The Balaban J connectivity index is 2.36. The monoisotopic (exact) mass is 297 g/mol. The fourth-order valence-corrected chi connectivity index (χ4v) is 1.99. The summed E-state index contributed by atoms with van der Waals surface area (Å²) in [5, 5.41) is 3.08. The Hall–Kier alpha value is -1.89. The molecule has 0 radical (unpaired) electrons. The third-order valence-corrected chi connectivity index (χ3v) is 4.15. The minimum absolute atomic E-state index is 0.0271. The number of amides is 1. The molecule has 1 aromatic carbocycles. The van der Waals surface area contributed by atoms with E-state index in [1.165, 1.54) is 6.21 Å². The van der Waals surface area contributed by atoms with Gasteiger partial charge in [-0.1, -0.05) is 13.0 Å². The number of nitrogens with two attached hydrogens (primary N) is 1. The van der Waals surface area contributed by atoms with E-state index in [0.29, 0.717) is 18.7 Å². The number of nitrogens with one attached hydrogen (secondary N) is 1. The molecule has 0 heterocycles. The number of rotatable bonds is 8. The van der Waals surface area contributed by atoms with Crippen molar-refractivity contribution < 1.29 is 13.2 Å². The molecule has 0 fully saturated rings. The van der Waals surface area contributed by atoms with Gasteiger partial charge in [0.1, 0.15) is 0 Å². The van der Waals surface area contributed by atoms with Crippen molar-refractivity contribution in [1.82, 2.24) is 0 Å². The van der Waals surface area contributed by atoms with Crippen molar-refractivity contribution in [2.45, 2.75) is 6.92 Å². The van der Waals surface area contributed by atoms with Crippen LogP contribution in [0.1, 0.15) is 17.3 Å². The van der Waals surface area contributed by atoms with Crippen LogP contribution >= 0.6 is 0 Å². The lowest BCUT2D eigenvalue weighted by Crippen LogP contribution is -2.12. The van der Waals surface area contributed by atoms with E-state index >= 15 is 0 Å². The van der Waals surface area contributed by atoms with Gasteiger partial charge in [0, 0.05) is 29.8 Å². The van der Waals surface area contributed by atoms with Crippen LogP contribution in [0.3, 0.4) is 0 Å². The van der Waals surface area contributed by atoms with Crippen molar-refractivity contribution in [2.75, 3.05) is 29.9 Å². The van der Waals surface area contributed by atoms with Crippen molar-refractivity contribution in [1.29, 1.82) is 0 Å². The number of anilines is 1. The summed E-state index contributed by atoms with van der Waals surface area (Å²) in [4.78, 5) is 15.0. The Morgan fingerprint density at radius 1 is 1.45 bits per heavy atom. The first-order valence-corrected chi connectivity index (χ1v) is 8.09. The molecule has 1 aromatic rings. The first-order chi connectivity index (χ1) is 9.44. The predicted octanol–water partition coefficient (Wildman–Crippen LogP) is 0.703. The molecule has 3 N–H and O–H groups in total. The van der Waals surface area contributed by atoms with E-state index in [1.54, 1.807) is 25.1 Å². The molecular formula is C13H19N3O3S. The van der Waals surface area contributed by atoms with Crippen LogP contribution in [0.4, 0.5) is 5.69 Å². The molecule has 20 heavy (non-hydrogen) atoms. The maximum absolute atomic E-state index is 11.2. The van der Waals surface area contributed by atoms with Crippen LogP contribution in [0.25, 0.3) is 0 Å². The number of carbonyl (C=O) groups is 1. The average Bonchev–Trinajstić information content (AvgIpc) is 2.43. The second-order valence-corrected chi connectivity index (χ2v) is 6.56. The molecule has 0 unspecified atom stereocenters. The van der Waals surface area contributed by atoms with Gasteiger partial charge in [0.2, 0.25) is 5.91 Å². The van der Waals surface area contributed by atoms with Gasteiger partial charge in [-0.2, -0.15) is 0 Å². The van der Waals surface area contributed by atoms with Crippen molar-refractivity contribution in [2.24, 2.45) is 10.7 Å². The number of benzene rings is 1. The van der Waals surface area contributed by atoms with Crippen molar-refractivity contribution >= 4 is 27.6 Å². The zero-order valence-electron chi connectivity index (χ0n) is 11.4. The zero-order valence-corrected chi connectivity index (χ0v) is 12.2. The van der Waals surface area contributed by atoms with Gasteiger partial charge in [0.15, 0.2) is 9.84 Å². The van der Waals surface area contributed by atoms with E-state index in [1.807, 2.05) is 6.07 Å². The summed E-state index contributed by atoms with van der Waals surface area (Å²) in [5.74, 6) is -0.380. The number of sulfone groups is 1. The SMILES string of the molecule is CCS(=O)(=O)CC=NCCNc1cccc(C(N)=O)c1. The molecule has 0 aromatic heterocycles. The van der Waals surface area contributed by atoms with Crippen molar-refractivity contribution in [3.8, 4) is 0 Å². The Kier molecular flexibility index (Phi) is 6.17. The second-order valence-electron chi connectivity index (χ2n) is 4.16. The van der Waals surface area contributed by atoms with Crippen LogP contribution in [-0.2, 0) is 9.84 Å². The molecule has 0 atom stereocenters. The maximum Gasteiger partial charge on any atom is 0.248 e. The molecule has 1 rings (SSSR count). The topological polar surface area (TPSA) is 102 Å². The quantitative estimate of drug-likeness (QED) is 0.545. The third-order valence-electron chi connectivity index (χ3n) is 2.61. The lowest BCUT2D eigenvalue weighted by molar-refractivity contribution is 0.100. The summed E-state index contributed by atoms with van der Waals surface area (Å²) in [6, 6.07) is 6.85. The van der Waals surface area contributed by atoms with E-state index in [-0.39, 0.29) is 11.5 Å².